The molecule has 0 bridgehead atoms. The summed E-state index contributed by atoms with van der Waals surface area (Å²) in [4.78, 5) is 22.5. The molecule has 0 radical (unpaired) electrons. The van der Waals surface area contributed by atoms with Crippen molar-refractivity contribution in [2.45, 2.75) is 26.1 Å². The summed E-state index contributed by atoms with van der Waals surface area (Å²) in [6.07, 6.45) is 4.07. The van der Waals surface area contributed by atoms with E-state index in [0.717, 1.165) is 5.56 Å². The van der Waals surface area contributed by atoms with Gasteiger partial charge in [-0.15, -0.1) is 0 Å². The van der Waals surface area contributed by atoms with Crippen LogP contribution in [0, 0.1) is 0 Å². The summed E-state index contributed by atoms with van der Waals surface area (Å²) in [7, 11) is 0. The maximum absolute atomic E-state index is 11.3. The van der Waals surface area contributed by atoms with Crippen LogP contribution in [0.3, 0.4) is 0 Å². The molecule has 0 fully saturated rings. The lowest BCUT2D eigenvalue weighted by molar-refractivity contribution is -0.231. The second kappa shape index (κ2) is 4.64. The first kappa shape index (κ1) is 12.4. The van der Waals surface area contributed by atoms with Crippen LogP contribution >= 0.6 is 0 Å². The van der Waals surface area contributed by atoms with Crippen LogP contribution in [-0.4, -0.2) is 11.9 Å². The Balaban J connectivity index is 2.50. The van der Waals surface area contributed by atoms with Crippen LogP contribution in [0.2, 0.25) is 0 Å². The standard InChI is InChI=1S/C14H14O4/c1-10(15)17-14(18-11(2)16)9-5-7-12-6-3-4-8-13(12)14/h3-8H,9H2,1-2H3. The maximum atomic E-state index is 11.3. The fraction of sp³-hybridized carbons (Fsp3) is 0.286. The number of hydrogen-bond donors (Lipinski definition) is 0. The van der Waals surface area contributed by atoms with Gasteiger partial charge in [-0.05, 0) is 5.56 Å². The molecule has 1 aromatic carbocycles. The Kier molecular flexibility index (Phi) is 3.19. The fourth-order valence-electron chi connectivity index (χ4n) is 2.12. The molecule has 0 amide bonds. The van der Waals surface area contributed by atoms with Gasteiger partial charge in [0.2, 0.25) is 0 Å². The molecule has 2 rings (SSSR count). The van der Waals surface area contributed by atoms with Crippen molar-refractivity contribution in [3.05, 3.63) is 41.5 Å². The Morgan fingerprint density at radius 1 is 1.11 bits per heavy atom. The van der Waals surface area contributed by atoms with Gasteiger partial charge in [0.1, 0.15) is 0 Å². The van der Waals surface area contributed by atoms with Crippen LogP contribution in [0.5, 0.6) is 0 Å². The van der Waals surface area contributed by atoms with Crippen LogP contribution in [0.1, 0.15) is 31.4 Å². The number of carbonyl (C=O) groups excluding carboxylic acids is 2. The Morgan fingerprint density at radius 2 is 1.72 bits per heavy atom. The molecule has 1 aromatic rings. The van der Waals surface area contributed by atoms with E-state index in [1.165, 1.54) is 13.8 Å². The summed E-state index contributed by atoms with van der Waals surface area (Å²) < 4.78 is 10.6. The molecular formula is C14H14O4. The number of carbonyl (C=O) groups is 2. The van der Waals surface area contributed by atoms with E-state index < -0.39 is 17.7 Å². The molecule has 1 aliphatic rings. The lowest BCUT2D eigenvalue weighted by atomic mass is 9.91. The normalized spacial score (nSPS) is 15.7. The lowest BCUT2D eigenvalue weighted by Crippen LogP contribution is -2.37. The molecule has 0 saturated carbocycles. The minimum atomic E-state index is -1.33. The number of esters is 2. The molecule has 0 spiro atoms. The van der Waals surface area contributed by atoms with Gasteiger partial charge in [0.05, 0.1) is 0 Å². The molecule has 18 heavy (non-hydrogen) atoms. The average Bonchev–Trinajstić information content (AvgIpc) is 2.27. The molecule has 0 aromatic heterocycles. The van der Waals surface area contributed by atoms with Gasteiger partial charge in [0.15, 0.2) is 0 Å². The van der Waals surface area contributed by atoms with Crippen molar-refractivity contribution in [2.75, 3.05) is 0 Å². The van der Waals surface area contributed by atoms with Crippen LogP contribution < -0.4 is 0 Å². The zero-order valence-corrected chi connectivity index (χ0v) is 10.3. The molecule has 94 valence electrons. The molecule has 0 saturated heterocycles. The highest BCUT2D eigenvalue weighted by Gasteiger charge is 2.41. The first-order valence-electron chi connectivity index (χ1n) is 5.69. The topological polar surface area (TPSA) is 52.6 Å². The largest absolute Gasteiger partial charge is 0.418 e. The van der Waals surface area contributed by atoms with Gasteiger partial charge < -0.3 is 9.47 Å². The minimum absolute atomic E-state index is 0.323. The SMILES string of the molecule is CC(=O)OC1(OC(C)=O)CC=Cc2ccccc21. The summed E-state index contributed by atoms with van der Waals surface area (Å²) in [5.74, 6) is -2.30. The zero-order valence-electron chi connectivity index (χ0n) is 10.3. The van der Waals surface area contributed by atoms with Crippen molar-refractivity contribution in [1.82, 2.24) is 0 Å². The molecule has 4 heteroatoms. The number of benzene rings is 1. The summed E-state index contributed by atoms with van der Waals surface area (Å²) in [5, 5.41) is 0. The molecular weight excluding hydrogens is 232 g/mol. The summed E-state index contributed by atoms with van der Waals surface area (Å²) in [6.45, 7) is 2.60. The van der Waals surface area contributed by atoms with Gasteiger partial charge in [-0.25, -0.2) is 0 Å². The predicted molar refractivity (Wildman–Crippen MR) is 65.3 cm³/mol. The van der Waals surface area contributed by atoms with Crippen LogP contribution in [-0.2, 0) is 24.8 Å². The average molecular weight is 246 g/mol. The second-order valence-electron chi connectivity index (χ2n) is 4.13. The van der Waals surface area contributed by atoms with Gasteiger partial charge in [-0.1, -0.05) is 36.4 Å². The van der Waals surface area contributed by atoms with Crippen molar-refractivity contribution in [3.63, 3.8) is 0 Å². The Labute approximate surface area is 105 Å². The van der Waals surface area contributed by atoms with Gasteiger partial charge in [0, 0.05) is 25.8 Å². The Bertz CT molecular complexity index is 500. The van der Waals surface area contributed by atoms with Crippen molar-refractivity contribution in [2.24, 2.45) is 0 Å². The number of fused-ring (bicyclic) bond motifs is 1. The van der Waals surface area contributed by atoms with E-state index in [2.05, 4.69) is 0 Å². The van der Waals surface area contributed by atoms with Gasteiger partial charge >= 0.3 is 11.9 Å². The van der Waals surface area contributed by atoms with E-state index in [9.17, 15) is 9.59 Å². The zero-order chi connectivity index (χ0) is 13.2. The molecule has 0 heterocycles. The van der Waals surface area contributed by atoms with Gasteiger partial charge in [0.25, 0.3) is 5.79 Å². The summed E-state index contributed by atoms with van der Waals surface area (Å²) in [5.41, 5.74) is 1.57. The van der Waals surface area contributed by atoms with E-state index >= 15 is 0 Å². The van der Waals surface area contributed by atoms with Crippen LogP contribution in [0.15, 0.2) is 30.3 Å². The highest BCUT2D eigenvalue weighted by Crippen LogP contribution is 2.38. The third kappa shape index (κ3) is 2.27. The molecule has 0 atom stereocenters. The molecule has 0 N–H and O–H groups in total. The third-order valence-electron chi connectivity index (χ3n) is 2.67. The monoisotopic (exact) mass is 246 g/mol. The van der Waals surface area contributed by atoms with E-state index in [1.807, 2.05) is 30.4 Å². The molecule has 0 aliphatic heterocycles. The van der Waals surface area contributed by atoms with Crippen molar-refractivity contribution in [1.29, 1.82) is 0 Å². The Hall–Kier alpha value is -2.10. The van der Waals surface area contributed by atoms with Crippen molar-refractivity contribution >= 4 is 18.0 Å². The summed E-state index contributed by atoms with van der Waals surface area (Å²) >= 11 is 0. The maximum Gasteiger partial charge on any atom is 0.306 e. The second-order valence-corrected chi connectivity index (χ2v) is 4.13. The van der Waals surface area contributed by atoms with Crippen molar-refractivity contribution < 1.29 is 19.1 Å². The summed E-state index contributed by atoms with van der Waals surface area (Å²) in [6, 6.07) is 7.37. The lowest BCUT2D eigenvalue weighted by Gasteiger charge is -2.34. The first-order chi connectivity index (χ1) is 8.53. The van der Waals surface area contributed by atoms with Crippen LogP contribution in [0.4, 0.5) is 0 Å². The highest BCUT2D eigenvalue weighted by molar-refractivity contribution is 5.71. The first-order valence-corrected chi connectivity index (χ1v) is 5.69. The van der Waals surface area contributed by atoms with Gasteiger partial charge in [-0.2, -0.15) is 0 Å². The van der Waals surface area contributed by atoms with E-state index in [4.69, 9.17) is 9.47 Å². The number of rotatable bonds is 2. The molecule has 4 nitrogen and oxygen atoms in total. The molecule has 0 unspecified atom stereocenters. The smallest absolute Gasteiger partial charge is 0.306 e. The number of ether oxygens (including phenoxy) is 2. The quantitative estimate of drug-likeness (QED) is 0.594. The predicted octanol–water partition coefficient (Wildman–Crippen LogP) is 2.38. The molecule has 1 aliphatic carbocycles. The van der Waals surface area contributed by atoms with Crippen molar-refractivity contribution in [3.8, 4) is 0 Å². The third-order valence-corrected chi connectivity index (χ3v) is 2.67. The van der Waals surface area contributed by atoms with E-state index in [-0.39, 0.29) is 0 Å². The number of hydrogen-bond acceptors (Lipinski definition) is 4. The Morgan fingerprint density at radius 3 is 2.33 bits per heavy atom. The van der Waals surface area contributed by atoms with Gasteiger partial charge in [-0.3, -0.25) is 9.59 Å². The highest BCUT2D eigenvalue weighted by atomic mass is 16.7. The fourth-order valence-corrected chi connectivity index (χ4v) is 2.12. The van der Waals surface area contributed by atoms with E-state index in [1.54, 1.807) is 6.07 Å². The van der Waals surface area contributed by atoms with Crippen LogP contribution in [0.25, 0.3) is 6.08 Å². The van der Waals surface area contributed by atoms with E-state index in [0.29, 0.717) is 12.0 Å². The minimum Gasteiger partial charge on any atom is -0.418 e.